The van der Waals surface area contributed by atoms with Gasteiger partial charge in [0.1, 0.15) is 19.4 Å². The Bertz CT molecular complexity index is 3530. The number of rotatable bonds is 15. The lowest BCUT2D eigenvalue weighted by Gasteiger charge is -2.30. The number of thiophene rings is 3. The van der Waals surface area contributed by atoms with Crippen molar-refractivity contribution < 1.29 is 31.2 Å². The monoisotopic (exact) mass is 1240 g/mol. The van der Waals surface area contributed by atoms with Gasteiger partial charge < -0.3 is 19.6 Å². The zero-order valence-corrected chi connectivity index (χ0v) is 53.7. The Hall–Kier alpha value is -5.56. The Kier molecular flexibility index (Phi) is 20.6. The van der Waals surface area contributed by atoms with Gasteiger partial charge >= 0.3 is 0 Å². The summed E-state index contributed by atoms with van der Waals surface area (Å²) < 4.78 is 48.3. The van der Waals surface area contributed by atoms with E-state index in [0.717, 1.165) is 128 Å². The van der Waals surface area contributed by atoms with Crippen LogP contribution in [-0.4, -0.2) is 172 Å². The number of carbonyl (C=O) groups excluding carboxylic acids is 3. The van der Waals surface area contributed by atoms with Crippen LogP contribution < -0.4 is 0 Å². The summed E-state index contributed by atoms with van der Waals surface area (Å²) in [6.07, 6.45) is 15.3. The zero-order chi connectivity index (χ0) is 59.8. The van der Waals surface area contributed by atoms with E-state index in [4.69, 9.17) is 0 Å². The van der Waals surface area contributed by atoms with Crippen LogP contribution in [0.25, 0.3) is 32.0 Å². The van der Waals surface area contributed by atoms with Crippen LogP contribution >= 0.6 is 34.0 Å². The average Bonchev–Trinajstić information content (AvgIpc) is 4.57. The Balaban J connectivity index is 0.000000142. The molecule has 3 amide bonds. The number of carbonyl (C=O) groups is 3. The summed E-state index contributed by atoms with van der Waals surface area (Å²) in [6.45, 7) is 16.4. The fourth-order valence-electron chi connectivity index (χ4n) is 13.1. The number of benzene rings is 3. The van der Waals surface area contributed by atoms with Crippen LogP contribution in [0.15, 0.2) is 117 Å². The molecule has 85 heavy (non-hydrogen) atoms. The van der Waals surface area contributed by atoms with Gasteiger partial charge in [-0.1, -0.05) is 43.3 Å². The molecule has 6 saturated heterocycles. The second-order valence-electron chi connectivity index (χ2n) is 23.8. The summed E-state index contributed by atoms with van der Waals surface area (Å²) in [5.41, 5.74) is 5.98. The van der Waals surface area contributed by atoms with E-state index in [2.05, 4.69) is 44.4 Å². The minimum Gasteiger partial charge on any atom is -0.334 e. The maximum absolute atomic E-state index is 13.2. The van der Waals surface area contributed by atoms with Gasteiger partial charge in [-0.25, -0.2) is 16.8 Å². The lowest BCUT2D eigenvalue weighted by Crippen LogP contribution is -2.44. The van der Waals surface area contributed by atoms with E-state index < -0.39 is 19.7 Å². The molecule has 3 aromatic carbocycles. The number of amides is 3. The summed E-state index contributed by atoms with van der Waals surface area (Å²) in [6, 6.07) is 36.3. The van der Waals surface area contributed by atoms with Crippen LogP contribution in [0.1, 0.15) is 134 Å². The molecule has 6 aromatic rings. The van der Waals surface area contributed by atoms with Crippen molar-refractivity contribution >= 4 is 71.4 Å². The largest absolute Gasteiger partial charge is 0.334 e. The molecule has 0 aliphatic carbocycles. The first-order valence-electron chi connectivity index (χ1n) is 30.5. The molecule has 5 atom stereocenters. The van der Waals surface area contributed by atoms with Crippen molar-refractivity contribution in [3.8, 4) is 38.1 Å². The van der Waals surface area contributed by atoms with Crippen molar-refractivity contribution in [3.05, 3.63) is 130 Å². The van der Waals surface area contributed by atoms with Crippen LogP contribution in [0.4, 0.5) is 0 Å². The van der Waals surface area contributed by atoms with Gasteiger partial charge in [-0.15, -0.1) is 34.0 Å². The van der Waals surface area contributed by atoms with Gasteiger partial charge in [0.25, 0.3) is 17.7 Å². The molecular formula is C66H81N7O7S5. The second-order valence-corrected chi connectivity index (χ2v) is 31.6. The van der Waals surface area contributed by atoms with Crippen LogP contribution in [0.3, 0.4) is 0 Å². The number of nitrogens with zero attached hydrogens (tertiary/aromatic N) is 7. The lowest BCUT2D eigenvalue weighted by atomic mass is 10.0. The first-order chi connectivity index (χ1) is 41.0. The third-order valence-electron chi connectivity index (χ3n) is 18.1. The smallest absolute Gasteiger partial charge is 0.254 e. The topological polar surface area (TPSA) is 163 Å². The molecule has 14 nitrogen and oxygen atoms in total. The van der Waals surface area contributed by atoms with Gasteiger partial charge in [-0.3, -0.25) is 24.2 Å². The van der Waals surface area contributed by atoms with Crippen molar-refractivity contribution in [2.75, 3.05) is 77.5 Å². The molecule has 452 valence electrons. The van der Waals surface area contributed by atoms with E-state index in [1.165, 1.54) is 91.9 Å². The third-order valence-corrected chi connectivity index (χ3v) is 25.3. The van der Waals surface area contributed by atoms with Crippen molar-refractivity contribution in [2.45, 2.75) is 136 Å². The molecule has 6 aliphatic heterocycles. The highest BCUT2D eigenvalue weighted by atomic mass is 32.2. The zero-order valence-electron chi connectivity index (χ0n) is 49.6. The van der Waals surface area contributed by atoms with Crippen molar-refractivity contribution in [1.82, 2.24) is 29.4 Å². The minimum absolute atomic E-state index is 0.105. The molecule has 6 aliphatic rings. The number of sulfone groups is 2. The summed E-state index contributed by atoms with van der Waals surface area (Å²) in [7, 11) is -6.37. The molecule has 0 radical (unpaired) electrons. The summed E-state index contributed by atoms with van der Waals surface area (Å²) >= 11 is 4.00. The maximum Gasteiger partial charge on any atom is 0.254 e. The molecular weight excluding hydrogens is 1160 g/mol. The number of hydrogen-bond donors (Lipinski definition) is 0. The van der Waals surface area contributed by atoms with Crippen molar-refractivity contribution in [2.24, 2.45) is 0 Å². The van der Waals surface area contributed by atoms with E-state index >= 15 is 0 Å². The Morgan fingerprint density at radius 1 is 0.506 bits per heavy atom. The van der Waals surface area contributed by atoms with Gasteiger partial charge in [-0.2, -0.15) is 5.26 Å². The van der Waals surface area contributed by atoms with Gasteiger partial charge in [-0.05, 0) is 206 Å². The second kappa shape index (κ2) is 28.1. The fourth-order valence-corrected chi connectivity index (χ4v) is 18.2. The molecule has 0 N–H and O–H groups in total. The average molecular weight is 1240 g/mol. The highest BCUT2D eigenvalue weighted by Gasteiger charge is 2.36. The van der Waals surface area contributed by atoms with E-state index in [1.807, 2.05) is 101 Å². The molecule has 0 bridgehead atoms. The molecule has 6 fully saturated rings. The molecule has 0 saturated carbocycles. The number of likely N-dealkylation sites (tertiary alicyclic amines) is 6. The predicted octanol–water partition coefficient (Wildman–Crippen LogP) is 12.2. The van der Waals surface area contributed by atoms with Gasteiger partial charge in [0.05, 0.1) is 5.75 Å². The highest BCUT2D eigenvalue weighted by molar-refractivity contribution is 7.93. The summed E-state index contributed by atoms with van der Waals surface area (Å²) in [5, 5.41) is 11.1. The number of hydrogen-bond acceptors (Lipinski definition) is 14. The summed E-state index contributed by atoms with van der Waals surface area (Å²) in [5.74, 6) is 0.461. The minimum atomic E-state index is -3.19. The molecule has 0 unspecified atom stereocenters. The van der Waals surface area contributed by atoms with Gasteiger partial charge in [0, 0.05) is 108 Å². The van der Waals surface area contributed by atoms with Crippen LogP contribution in [0, 0.1) is 11.3 Å². The van der Waals surface area contributed by atoms with Crippen LogP contribution in [0.2, 0.25) is 0 Å². The predicted molar refractivity (Wildman–Crippen MR) is 343 cm³/mol. The van der Waals surface area contributed by atoms with E-state index in [0.29, 0.717) is 54.6 Å². The molecule has 3 aromatic heterocycles. The first kappa shape index (κ1) is 62.5. The molecule has 0 spiro atoms. The standard InChI is InChI=1S/C23H30N2O3S2.C22H28N2O3S2.C21H23N3OS/c1-3-30(27,28)22-13-12-21(29-22)18-8-10-19(11-9-18)23(26)25-15-5-7-20(25)16-24-14-4-6-17(24)2;1-16-5-3-13-23(16)15-19-6-4-14-24(19)22(25)18-9-7-17(8-10-18)20-11-12-21(28-20)29(2,26)27;22-14-20-19(9-13-26-20)16-5-7-17(8-6-16)21(25)24-12-3-4-18(24)15-23-10-1-2-11-23/h8-13,17,20H,3-7,14-16H2,1-2H3;7-12,16,19H,3-6,13-15H2,1-2H3;5-9,13,18H,1-4,10-12,15H2/t17-,20+;16-,19+;18-/m110/s1. The third kappa shape index (κ3) is 15.1. The van der Waals surface area contributed by atoms with Crippen molar-refractivity contribution in [3.63, 3.8) is 0 Å². The van der Waals surface area contributed by atoms with E-state index in [1.54, 1.807) is 19.1 Å². The highest BCUT2D eigenvalue weighted by Crippen LogP contribution is 2.35. The van der Waals surface area contributed by atoms with Crippen molar-refractivity contribution in [1.29, 1.82) is 5.26 Å². The van der Waals surface area contributed by atoms with E-state index in [9.17, 15) is 36.5 Å². The normalized spacial score (nSPS) is 22.1. The Morgan fingerprint density at radius 2 is 0.918 bits per heavy atom. The van der Waals surface area contributed by atoms with Crippen LogP contribution in [-0.2, 0) is 19.7 Å². The summed E-state index contributed by atoms with van der Waals surface area (Å²) in [4.78, 5) is 55.5. The van der Waals surface area contributed by atoms with Gasteiger partial charge in [0.2, 0.25) is 0 Å². The number of nitriles is 1. The van der Waals surface area contributed by atoms with Gasteiger partial charge in [0.15, 0.2) is 19.7 Å². The van der Waals surface area contributed by atoms with Crippen LogP contribution in [0.5, 0.6) is 0 Å². The molecule has 19 heteroatoms. The lowest BCUT2D eigenvalue weighted by molar-refractivity contribution is 0.0689. The molecule has 12 rings (SSSR count). The SMILES string of the molecule is CCS(=O)(=O)c1ccc(-c2ccc(C(=O)N3CCC[C@H]3CN3CCC[C@H]3C)cc2)s1.C[C@@H]1CCCN1C[C@@H]1CCCN1C(=O)c1ccc(-c2ccc(S(C)(=O)=O)s2)cc1.N#Cc1sccc1-c1ccc(C(=O)N2CCC[C@H]2CN2CCCC2)cc1. The van der Waals surface area contributed by atoms with E-state index in [-0.39, 0.29) is 23.5 Å². The fraction of sp³-hybridized carbons (Fsp3) is 0.485. The Labute approximate surface area is 515 Å². The molecule has 9 heterocycles. The maximum atomic E-state index is 13.2. The quantitative estimate of drug-likeness (QED) is 0.0961. The first-order valence-corrected chi connectivity index (χ1v) is 36.6. The Morgan fingerprint density at radius 3 is 1.32 bits per heavy atom.